The van der Waals surface area contributed by atoms with Gasteiger partial charge in [0.2, 0.25) is 0 Å². The van der Waals surface area contributed by atoms with Gasteiger partial charge in [-0.2, -0.15) is 0 Å². The highest BCUT2D eigenvalue weighted by molar-refractivity contribution is 5.92. The first-order valence-electron chi connectivity index (χ1n) is 6.59. The molecule has 0 aliphatic carbocycles. The fourth-order valence-corrected chi connectivity index (χ4v) is 2.45. The van der Waals surface area contributed by atoms with E-state index in [9.17, 15) is 4.79 Å². The van der Waals surface area contributed by atoms with E-state index in [1.165, 1.54) is 12.8 Å². The summed E-state index contributed by atoms with van der Waals surface area (Å²) >= 11 is 0. The second-order valence-corrected chi connectivity index (χ2v) is 4.87. The van der Waals surface area contributed by atoms with Gasteiger partial charge >= 0.3 is 0 Å². The molecule has 5 nitrogen and oxygen atoms in total. The summed E-state index contributed by atoms with van der Waals surface area (Å²) in [7, 11) is 0. The average molecular weight is 248 g/mol. The minimum absolute atomic E-state index is 0.0301. The molecule has 5 heteroatoms. The average Bonchev–Trinajstić information content (AvgIpc) is 2.40. The van der Waals surface area contributed by atoms with Crippen molar-refractivity contribution < 1.29 is 4.79 Å². The minimum atomic E-state index is -0.0301. The molecule has 0 bridgehead atoms. The molecule has 1 amide bonds. The van der Waals surface area contributed by atoms with Gasteiger partial charge in [0.15, 0.2) is 5.69 Å². The number of aromatic nitrogens is 2. The predicted molar refractivity (Wildman–Crippen MR) is 70.0 cm³/mol. The topological polar surface area (TPSA) is 72.1 Å². The molecule has 0 saturated carbocycles. The number of carbonyl (C=O) groups is 1. The van der Waals surface area contributed by atoms with E-state index in [4.69, 9.17) is 5.73 Å². The van der Waals surface area contributed by atoms with Crippen molar-refractivity contribution in [2.24, 2.45) is 5.92 Å². The summed E-state index contributed by atoms with van der Waals surface area (Å²) in [6.45, 7) is 3.87. The smallest absolute Gasteiger partial charge is 0.274 e. The van der Waals surface area contributed by atoms with Crippen LogP contribution in [0.3, 0.4) is 0 Å². The van der Waals surface area contributed by atoms with Gasteiger partial charge in [-0.25, -0.2) is 0 Å². The molecule has 98 valence electrons. The van der Waals surface area contributed by atoms with E-state index in [0.717, 1.165) is 31.8 Å². The lowest BCUT2D eigenvalue weighted by molar-refractivity contribution is 0.0679. The van der Waals surface area contributed by atoms with Gasteiger partial charge in [0, 0.05) is 13.1 Å². The van der Waals surface area contributed by atoms with Gasteiger partial charge in [-0.05, 0) is 30.9 Å². The lowest BCUT2D eigenvalue weighted by atomic mass is 9.92. The van der Waals surface area contributed by atoms with Crippen molar-refractivity contribution in [2.45, 2.75) is 32.6 Å². The van der Waals surface area contributed by atoms with Crippen LogP contribution in [-0.2, 0) is 0 Å². The minimum Gasteiger partial charge on any atom is -0.382 e. The van der Waals surface area contributed by atoms with E-state index in [2.05, 4.69) is 17.1 Å². The van der Waals surface area contributed by atoms with Gasteiger partial charge in [-0.3, -0.25) is 4.79 Å². The monoisotopic (exact) mass is 248 g/mol. The highest BCUT2D eigenvalue weighted by atomic mass is 16.2. The first kappa shape index (κ1) is 12.8. The number of hydrogen-bond donors (Lipinski definition) is 1. The van der Waals surface area contributed by atoms with Gasteiger partial charge in [0.1, 0.15) is 5.82 Å². The molecule has 1 saturated heterocycles. The molecular formula is C13H20N4O. The summed E-state index contributed by atoms with van der Waals surface area (Å²) in [5, 5.41) is 7.56. The number of nitrogens with zero attached hydrogens (tertiary/aromatic N) is 3. The van der Waals surface area contributed by atoms with Gasteiger partial charge in [-0.1, -0.05) is 19.8 Å². The van der Waals surface area contributed by atoms with Crippen LogP contribution in [0, 0.1) is 5.92 Å². The van der Waals surface area contributed by atoms with Crippen molar-refractivity contribution in [1.29, 1.82) is 0 Å². The molecule has 0 radical (unpaired) electrons. The Hall–Kier alpha value is -1.65. The van der Waals surface area contributed by atoms with Crippen LogP contribution in [0.15, 0.2) is 12.1 Å². The maximum Gasteiger partial charge on any atom is 0.274 e. The van der Waals surface area contributed by atoms with E-state index < -0.39 is 0 Å². The van der Waals surface area contributed by atoms with Crippen molar-refractivity contribution in [2.75, 3.05) is 18.8 Å². The van der Waals surface area contributed by atoms with Crippen LogP contribution in [0.1, 0.15) is 43.1 Å². The van der Waals surface area contributed by atoms with E-state index >= 15 is 0 Å². The molecule has 18 heavy (non-hydrogen) atoms. The Morgan fingerprint density at radius 3 is 2.67 bits per heavy atom. The quantitative estimate of drug-likeness (QED) is 0.884. The second kappa shape index (κ2) is 5.80. The molecule has 0 unspecified atom stereocenters. The molecule has 0 aromatic carbocycles. The fourth-order valence-electron chi connectivity index (χ4n) is 2.45. The van der Waals surface area contributed by atoms with Crippen LogP contribution in [0.5, 0.6) is 0 Å². The molecule has 1 aliphatic heterocycles. The van der Waals surface area contributed by atoms with Crippen molar-refractivity contribution in [3.8, 4) is 0 Å². The molecule has 0 spiro atoms. The number of rotatable bonds is 3. The summed E-state index contributed by atoms with van der Waals surface area (Å²) < 4.78 is 0. The fraction of sp³-hybridized carbons (Fsp3) is 0.615. The molecule has 2 rings (SSSR count). The van der Waals surface area contributed by atoms with Crippen LogP contribution in [-0.4, -0.2) is 34.1 Å². The Morgan fingerprint density at radius 1 is 1.39 bits per heavy atom. The van der Waals surface area contributed by atoms with Crippen molar-refractivity contribution in [3.05, 3.63) is 17.8 Å². The number of amides is 1. The van der Waals surface area contributed by atoms with Gasteiger partial charge in [-0.15, -0.1) is 10.2 Å². The second-order valence-electron chi connectivity index (χ2n) is 4.87. The molecule has 1 fully saturated rings. The number of carbonyl (C=O) groups excluding carboxylic acids is 1. The summed E-state index contributed by atoms with van der Waals surface area (Å²) in [6.07, 6.45) is 4.69. The molecule has 0 atom stereocenters. The molecule has 1 aliphatic rings. The maximum absolute atomic E-state index is 12.2. The highest BCUT2D eigenvalue weighted by Crippen LogP contribution is 2.22. The molecule has 1 aromatic heterocycles. The Bertz CT molecular complexity index is 396. The Morgan fingerprint density at radius 2 is 2.11 bits per heavy atom. The maximum atomic E-state index is 12.2. The molecule has 2 N–H and O–H groups in total. The number of piperidine rings is 1. The Balaban J connectivity index is 1.93. The van der Waals surface area contributed by atoms with Crippen LogP contribution < -0.4 is 5.73 Å². The van der Waals surface area contributed by atoms with E-state index in [1.54, 1.807) is 12.1 Å². The summed E-state index contributed by atoms with van der Waals surface area (Å²) in [6, 6.07) is 3.26. The van der Waals surface area contributed by atoms with Crippen LogP contribution >= 0.6 is 0 Å². The van der Waals surface area contributed by atoms with Gasteiger partial charge in [0.25, 0.3) is 5.91 Å². The standard InChI is InChI=1S/C13H20N4O/c1-2-3-10-6-8-17(9-7-10)13(18)11-4-5-12(14)16-15-11/h4-5,10H,2-3,6-9H2,1H3,(H2,14,16). The van der Waals surface area contributed by atoms with Gasteiger partial charge in [0.05, 0.1) is 0 Å². The third-order valence-corrected chi connectivity index (χ3v) is 3.50. The number of likely N-dealkylation sites (tertiary alicyclic amines) is 1. The van der Waals surface area contributed by atoms with Crippen LogP contribution in [0.25, 0.3) is 0 Å². The number of nitrogen functional groups attached to an aromatic ring is 1. The zero-order valence-electron chi connectivity index (χ0n) is 10.8. The molecular weight excluding hydrogens is 228 g/mol. The number of hydrogen-bond acceptors (Lipinski definition) is 4. The van der Waals surface area contributed by atoms with Crippen LogP contribution in [0.2, 0.25) is 0 Å². The lowest BCUT2D eigenvalue weighted by Gasteiger charge is -2.31. The third-order valence-electron chi connectivity index (χ3n) is 3.50. The SMILES string of the molecule is CCCC1CCN(C(=O)c2ccc(N)nn2)CC1. The largest absolute Gasteiger partial charge is 0.382 e. The van der Waals surface area contributed by atoms with Crippen molar-refractivity contribution >= 4 is 11.7 Å². The predicted octanol–water partition coefficient (Wildman–Crippen LogP) is 1.71. The molecule has 2 heterocycles. The normalized spacial score (nSPS) is 16.8. The number of anilines is 1. The zero-order valence-corrected chi connectivity index (χ0v) is 10.8. The van der Waals surface area contributed by atoms with Crippen molar-refractivity contribution in [1.82, 2.24) is 15.1 Å². The zero-order chi connectivity index (χ0) is 13.0. The first-order valence-corrected chi connectivity index (χ1v) is 6.59. The van der Waals surface area contributed by atoms with Crippen LogP contribution in [0.4, 0.5) is 5.82 Å². The lowest BCUT2D eigenvalue weighted by Crippen LogP contribution is -2.38. The Labute approximate surface area is 107 Å². The Kier molecular flexibility index (Phi) is 4.12. The van der Waals surface area contributed by atoms with Crippen molar-refractivity contribution in [3.63, 3.8) is 0 Å². The summed E-state index contributed by atoms with van der Waals surface area (Å²) in [4.78, 5) is 14.0. The van der Waals surface area contributed by atoms with Gasteiger partial charge < -0.3 is 10.6 Å². The van der Waals surface area contributed by atoms with E-state index in [1.807, 2.05) is 4.90 Å². The third kappa shape index (κ3) is 2.97. The summed E-state index contributed by atoms with van der Waals surface area (Å²) in [5.41, 5.74) is 5.85. The summed E-state index contributed by atoms with van der Waals surface area (Å²) in [5.74, 6) is 1.09. The van der Waals surface area contributed by atoms with E-state index in [-0.39, 0.29) is 5.91 Å². The van der Waals surface area contributed by atoms with E-state index in [0.29, 0.717) is 11.5 Å². The first-order chi connectivity index (χ1) is 8.70. The number of nitrogens with two attached hydrogens (primary N) is 1. The molecule has 1 aromatic rings. The highest BCUT2D eigenvalue weighted by Gasteiger charge is 2.23.